The van der Waals surface area contributed by atoms with Crippen LogP contribution in [0.1, 0.15) is 56.3 Å². The van der Waals surface area contributed by atoms with Crippen LogP contribution in [-0.2, 0) is 9.53 Å². The van der Waals surface area contributed by atoms with Gasteiger partial charge >= 0.3 is 12.0 Å². The Morgan fingerprint density at radius 1 is 1.06 bits per heavy atom. The molecule has 0 atom stereocenters. The van der Waals surface area contributed by atoms with E-state index in [4.69, 9.17) is 4.74 Å². The summed E-state index contributed by atoms with van der Waals surface area (Å²) in [4.78, 5) is 41.2. The fraction of sp³-hybridized carbons (Fsp3) is 0.609. The summed E-state index contributed by atoms with van der Waals surface area (Å²) >= 11 is 0. The van der Waals surface area contributed by atoms with Gasteiger partial charge in [0.1, 0.15) is 6.54 Å². The molecule has 2 fully saturated rings. The molecule has 8 nitrogen and oxygen atoms in total. The number of hydrogen-bond acceptors (Lipinski definition) is 5. The number of urea groups is 1. The molecule has 1 aromatic rings. The SMILES string of the molecule is CCOC(=O)CNC(=O)Nc1ccc(N2CCCCC2)c(C(=O)N2CCC(C)CC2)c1. The molecule has 2 heterocycles. The number of nitrogens with zero attached hydrogens (tertiary/aromatic N) is 2. The molecule has 170 valence electrons. The molecule has 0 aliphatic carbocycles. The van der Waals surface area contributed by atoms with E-state index in [1.165, 1.54) is 6.42 Å². The fourth-order valence-corrected chi connectivity index (χ4v) is 4.12. The van der Waals surface area contributed by atoms with Gasteiger partial charge in [-0.25, -0.2) is 4.79 Å². The van der Waals surface area contributed by atoms with Crippen LogP contribution in [0.15, 0.2) is 18.2 Å². The van der Waals surface area contributed by atoms with E-state index >= 15 is 0 Å². The van der Waals surface area contributed by atoms with E-state index in [2.05, 4.69) is 22.5 Å². The highest BCUT2D eigenvalue weighted by atomic mass is 16.5. The zero-order chi connectivity index (χ0) is 22.2. The van der Waals surface area contributed by atoms with Crippen molar-refractivity contribution in [1.29, 1.82) is 0 Å². The second-order valence-electron chi connectivity index (χ2n) is 8.37. The number of ether oxygens (including phenoxy) is 1. The predicted molar refractivity (Wildman–Crippen MR) is 120 cm³/mol. The number of likely N-dealkylation sites (tertiary alicyclic amines) is 1. The molecule has 2 aliphatic rings. The van der Waals surface area contributed by atoms with E-state index in [1.54, 1.807) is 13.0 Å². The van der Waals surface area contributed by atoms with Gasteiger partial charge < -0.3 is 25.2 Å². The van der Waals surface area contributed by atoms with Crippen LogP contribution in [0.4, 0.5) is 16.2 Å². The van der Waals surface area contributed by atoms with Gasteiger partial charge in [0.15, 0.2) is 0 Å². The van der Waals surface area contributed by atoms with Crippen molar-refractivity contribution in [3.8, 4) is 0 Å². The summed E-state index contributed by atoms with van der Waals surface area (Å²) in [5.41, 5.74) is 2.08. The Hall–Kier alpha value is -2.77. The highest BCUT2D eigenvalue weighted by molar-refractivity contribution is 6.02. The Kier molecular flexibility index (Phi) is 8.14. The van der Waals surface area contributed by atoms with Gasteiger partial charge in [-0.2, -0.15) is 0 Å². The van der Waals surface area contributed by atoms with E-state index < -0.39 is 12.0 Å². The van der Waals surface area contributed by atoms with Gasteiger partial charge in [-0.05, 0) is 63.1 Å². The normalized spacial score (nSPS) is 17.2. The average molecular weight is 431 g/mol. The van der Waals surface area contributed by atoms with Crippen molar-refractivity contribution in [3.63, 3.8) is 0 Å². The lowest BCUT2D eigenvalue weighted by Crippen LogP contribution is -2.39. The van der Waals surface area contributed by atoms with Gasteiger partial charge in [-0.1, -0.05) is 6.92 Å². The van der Waals surface area contributed by atoms with E-state index in [1.807, 2.05) is 17.0 Å². The van der Waals surface area contributed by atoms with Crippen molar-refractivity contribution in [2.24, 2.45) is 5.92 Å². The molecule has 1 aromatic carbocycles. The summed E-state index contributed by atoms with van der Waals surface area (Å²) in [6.45, 7) is 7.39. The summed E-state index contributed by atoms with van der Waals surface area (Å²) < 4.78 is 4.81. The van der Waals surface area contributed by atoms with Crippen LogP contribution in [0.3, 0.4) is 0 Å². The molecule has 3 amide bonds. The Bertz CT molecular complexity index is 784. The second kappa shape index (κ2) is 11.0. The van der Waals surface area contributed by atoms with Crippen LogP contribution in [0, 0.1) is 5.92 Å². The van der Waals surface area contributed by atoms with Crippen LogP contribution in [-0.4, -0.2) is 62.1 Å². The maximum atomic E-state index is 13.4. The summed E-state index contributed by atoms with van der Waals surface area (Å²) in [7, 11) is 0. The summed E-state index contributed by atoms with van der Waals surface area (Å²) in [5.74, 6) is 0.165. The molecular weight excluding hydrogens is 396 g/mol. The fourth-order valence-electron chi connectivity index (χ4n) is 4.12. The predicted octanol–water partition coefficient (Wildman–Crippen LogP) is 3.23. The first-order chi connectivity index (χ1) is 15.0. The zero-order valence-electron chi connectivity index (χ0n) is 18.6. The van der Waals surface area contributed by atoms with Crippen molar-refractivity contribution >= 4 is 29.3 Å². The first-order valence-electron chi connectivity index (χ1n) is 11.4. The summed E-state index contributed by atoms with van der Waals surface area (Å²) in [5, 5.41) is 5.21. The minimum absolute atomic E-state index is 0.0167. The number of carbonyl (C=O) groups excluding carboxylic acids is 3. The van der Waals surface area contributed by atoms with Gasteiger partial charge in [0, 0.05) is 37.6 Å². The van der Waals surface area contributed by atoms with Crippen LogP contribution in [0.25, 0.3) is 0 Å². The number of piperidine rings is 2. The molecule has 3 rings (SSSR count). The summed E-state index contributed by atoms with van der Waals surface area (Å²) in [6.07, 6.45) is 5.47. The Morgan fingerprint density at radius 2 is 1.77 bits per heavy atom. The monoisotopic (exact) mass is 430 g/mol. The Labute approximate surface area is 184 Å². The standard InChI is InChI=1S/C23H34N4O4/c1-3-31-21(28)16-24-23(30)25-18-7-8-20(26-11-5-4-6-12-26)19(15-18)22(29)27-13-9-17(2)10-14-27/h7-8,15,17H,3-6,9-14,16H2,1-2H3,(H2,24,25,30). The van der Waals surface area contributed by atoms with Crippen LogP contribution in [0.2, 0.25) is 0 Å². The number of anilines is 2. The van der Waals surface area contributed by atoms with Gasteiger partial charge in [-0.15, -0.1) is 0 Å². The maximum Gasteiger partial charge on any atom is 0.325 e. The zero-order valence-corrected chi connectivity index (χ0v) is 18.6. The van der Waals surface area contributed by atoms with Crippen molar-refractivity contribution in [2.45, 2.75) is 46.0 Å². The number of rotatable bonds is 6. The van der Waals surface area contributed by atoms with E-state index in [-0.39, 0.29) is 19.1 Å². The third-order valence-electron chi connectivity index (χ3n) is 5.95. The Morgan fingerprint density at radius 3 is 2.45 bits per heavy atom. The topological polar surface area (TPSA) is 91.0 Å². The number of nitrogens with one attached hydrogen (secondary N) is 2. The van der Waals surface area contributed by atoms with Crippen molar-refractivity contribution in [1.82, 2.24) is 10.2 Å². The first kappa shape index (κ1) is 22.9. The molecule has 2 aliphatic heterocycles. The molecule has 8 heteroatoms. The number of esters is 1. The van der Waals surface area contributed by atoms with E-state index in [0.29, 0.717) is 17.2 Å². The third-order valence-corrected chi connectivity index (χ3v) is 5.95. The van der Waals surface area contributed by atoms with Gasteiger partial charge in [0.2, 0.25) is 0 Å². The van der Waals surface area contributed by atoms with Gasteiger partial charge in [0.25, 0.3) is 5.91 Å². The molecule has 0 radical (unpaired) electrons. The number of amides is 3. The van der Waals surface area contributed by atoms with Crippen LogP contribution in [0.5, 0.6) is 0 Å². The van der Waals surface area contributed by atoms with Crippen molar-refractivity contribution < 1.29 is 19.1 Å². The summed E-state index contributed by atoms with van der Waals surface area (Å²) in [6, 6.07) is 4.98. The van der Waals surface area contributed by atoms with E-state index in [9.17, 15) is 14.4 Å². The Balaban J connectivity index is 1.75. The minimum Gasteiger partial charge on any atom is -0.465 e. The highest BCUT2D eigenvalue weighted by Gasteiger charge is 2.26. The lowest BCUT2D eigenvalue weighted by Gasteiger charge is -2.34. The second-order valence-corrected chi connectivity index (χ2v) is 8.37. The molecule has 2 N–H and O–H groups in total. The molecule has 2 saturated heterocycles. The highest BCUT2D eigenvalue weighted by Crippen LogP contribution is 2.29. The molecular formula is C23H34N4O4. The van der Waals surface area contributed by atoms with Crippen molar-refractivity contribution in [2.75, 3.05) is 49.5 Å². The first-order valence-corrected chi connectivity index (χ1v) is 11.4. The number of carbonyl (C=O) groups is 3. The molecule has 0 saturated carbocycles. The minimum atomic E-state index is -0.510. The quantitative estimate of drug-likeness (QED) is 0.676. The molecule has 31 heavy (non-hydrogen) atoms. The smallest absolute Gasteiger partial charge is 0.325 e. The van der Waals surface area contributed by atoms with Gasteiger partial charge in [0.05, 0.1) is 12.2 Å². The molecule has 0 unspecified atom stereocenters. The lowest BCUT2D eigenvalue weighted by molar-refractivity contribution is -0.141. The average Bonchev–Trinajstić information content (AvgIpc) is 2.78. The van der Waals surface area contributed by atoms with Crippen LogP contribution >= 0.6 is 0 Å². The largest absolute Gasteiger partial charge is 0.465 e. The maximum absolute atomic E-state index is 13.4. The molecule has 0 aromatic heterocycles. The molecule has 0 spiro atoms. The third kappa shape index (κ3) is 6.35. The van der Waals surface area contributed by atoms with Gasteiger partial charge in [-0.3, -0.25) is 9.59 Å². The number of hydrogen-bond donors (Lipinski definition) is 2. The van der Waals surface area contributed by atoms with Crippen LogP contribution < -0.4 is 15.5 Å². The van der Waals surface area contributed by atoms with E-state index in [0.717, 1.165) is 57.5 Å². The number of benzene rings is 1. The van der Waals surface area contributed by atoms with Crippen molar-refractivity contribution in [3.05, 3.63) is 23.8 Å². The lowest BCUT2D eigenvalue weighted by atomic mass is 9.98. The molecule has 0 bridgehead atoms.